The molecule has 0 aliphatic carbocycles. The predicted molar refractivity (Wildman–Crippen MR) is 77.4 cm³/mol. The van der Waals surface area contributed by atoms with Gasteiger partial charge in [-0.3, -0.25) is 4.98 Å². The molecule has 0 unspecified atom stereocenters. The Kier molecular flexibility index (Phi) is 4.13. The summed E-state index contributed by atoms with van der Waals surface area (Å²) >= 11 is 20.1. The number of nitrogens with zero attached hydrogens (tertiary/aromatic N) is 1. The van der Waals surface area contributed by atoms with Crippen molar-refractivity contribution in [1.82, 2.24) is 4.98 Å². The molecule has 17 heavy (non-hydrogen) atoms. The summed E-state index contributed by atoms with van der Waals surface area (Å²) in [4.78, 5) is 4.00. The molecule has 0 fully saturated rings. The second kappa shape index (κ2) is 5.26. The first-order chi connectivity index (χ1) is 8.00. The van der Waals surface area contributed by atoms with E-state index < -0.39 is 5.82 Å². The van der Waals surface area contributed by atoms with Crippen molar-refractivity contribution in [3.8, 4) is 11.3 Å². The molecule has 0 N–H and O–H groups in total. The molecule has 0 atom stereocenters. The van der Waals surface area contributed by atoms with Crippen LogP contribution >= 0.6 is 57.4 Å². The molecule has 1 aromatic carbocycles. The van der Waals surface area contributed by atoms with E-state index in [1.54, 1.807) is 12.1 Å². The molecule has 88 valence electrons. The lowest BCUT2D eigenvalue weighted by Crippen LogP contribution is -1.92. The second-order valence-corrected chi connectivity index (χ2v) is 5.56. The van der Waals surface area contributed by atoms with Crippen LogP contribution in [0.15, 0.2) is 24.4 Å². The molecule has 0 saturated heterocycles. The van der Waals surface area contributed by atoms with Crippen molar-refractivity contribution in [3.05, 3.63) is 48.9 Å². The molecule has 1 heterocycles. The molecular formula is C11H4Cl3FIN. The summed E-state index contributed by atoms with van der Waals surface area (Å²) in [7, 11) is 0. The van der Waals surface area contributed by atoms with Gasteiger partial charge in [0, 0.05) is 9.13 Å². The average molecular weight is 402 g/mol. The van der Waals surface area contributed by atoms with Crippen LogP contribution in [0.2, 0.25) is 15.1 Å². The van der Waals surface area contributed by atoms with Gasteiger partial charge in [0.25, 0.3) is 0 Å². The van der Waals surface area contributed by atoms with Gasteiger partial charge in [0.2, 0.25) is 0 Å². The normalized spacial score (nSPS) is 10.6. The zero-order valence-electron chi connectivity index (χ0n) is 8.15. The Morgan fingerprint density at radius 1 is 1.12 bits per heavy atom. The van der Waals surface area contributed by atoms with Crippen LogP contribution in [0.25, 0.3) is 11.3 Å². The Morgan fingerprint density at radius 3 is 2.41 bits per heavy atom. The maximum Gasteiger partial charge on any atom is 0.142 e. The summed E-state index contributed by atoms with van der Waals surface area (Å²) in [5, 5.41) is 1.13. The van der Waals surface area contributed by atoms with Gasteiger partial charge < -0.3 is 0 Å². The van der Waals surface area contributed by atoms with Crippen molar-refractivity contribution in [2.45, 2.75) is 0 Å². The molecule has 0 saturated carbocycles. The van der Waals surface area contributed by atoms with Crippen molar-refractivity contribution in [2.75, 3.05) is 0 Å². The smallest absolute Gasteiger partial charge is 0.142 e. The van der Waals surface area contributed by atoms with Gasteiger partial charge in [-0.1, -0.05) is 34.8 Å². The molecule has 6 heteroatoms. The predicted octanol–water partition coefficient (Wildman–Crippen LogP) is 5.45. The maximum atomic E-state index is 13.0. The van der Waals surface area contributed by atoms with E-state index in [0.29, 0.717) is 29.9 Å². The van der Waals surface area contributed by atoms with Crippen LogP contribution in [-0.2, 0) is 0 Å². The van der Waals surface area contributed by atoms with E-state index in [-0.39, 0.29) is 0 Å². The van der Waals surface area contributed by atoms with E-state index in [0.717, 1.165) is 6.20 Å². The molecule has 0 bridgehead atoms. The Bertz CT molecular complexity index is 589. The van der Waals surface area contributed by atoms with Gasteiger partial charge in [0.1, 0.15) is 5.82 Å². The Morgan fingerprint density at radius 2 is 1.76 bits per heavy atom. The lowest BCUT2D eigenvalue weighted by Gasteiger charge is -2.09. The highest BCUT2D eigenvalue weighted by molar-refractivity contribution is 14.1. The van der Waals surface area contributed by atoms with E-state index in [2.05, 4.69) is 4.98 Å². The van der Waals surface area contributed by atoms with Gasteiger partial charge in [0.05, 0.1) is 27.0 Å². The van der Waals surface area contributed by atoms with E-state index in [1.807, 2.05) is 22.6 Å². The van der Waals surface area contributed by atoms with Gasteiger partial charge in [-0.15, -0.1) is 0 Å². The molecule has 1 aromatic heterocycles. The third kappa shape index (κ3) is 2.67. The van der Waals surface area contributed by atoms with Gasteiger partial charge in [-0.2, -0.15) is 0 Å². The molecule has 0 aliphatic heterocycles. The summed E-state index contributed by atoms with van der Waals surface area (Å²) < 4.78 is 13.6. The minimum atomic E-state index is -0.410. The van der Waals surface area contributed by atoms with Crippen molar-refractivity contribution < 1.29 is 4.39 Å². The largest absolute Gasteiger partial charge is 0.252 e. The van der Waals surface area contributed by atoms with Gasteiger partial charge in [0.15, 0.2) is 0 Å². The van der Waals surface area contributed by atoms with Crippen LogP contribution in [-0.4, -0.2) is 4.98 Å². The van der Waals surface area contributed by atoms with Crippen LogP contribution in [0.4, 0.5) is 4.39 Å². The Hall–Kier alpha value is -0.100. The highest BCUT2D eigenvalue weighted by Crippen LogP contribution is 2.39. The number of hydrogen-bond acceptors (Lipinski definition) is 1. The first-order valence-electron chi connectivity index (χ1n) is 4.45. The molecular weight excluding hydrogens is 398 g/mol. The van der Waals surface area contributed by atoms with Crippen molar-refractivity contribution in [3.63, 3.8) is 0 Å². The summed E-state index contributed by atoms with van der Waals surface area (Å²) in [6.45, 7) is 0. The number of aromatic nitrogens is 1. The fourth-order valence-corrected chi connectivity index (χ4v) is 2.76. The zero-order valence-corrected chi connectivity index (χ0v) is 12.6. The number of hydrogen-bond donors (Lipinski definition) is 0. The molecule has 0 radical (unpaired) electrons. The third-order valence-corrected chi connectivity index (χ3v) is 4.03. The minimum absolute atomic E-state index is 0.316. The summed E-state index contributed by atoms with van der Waals surface area (Å²) in [6.07, 6.45) is 1.12. The lowest BCUT2D eigenvalue weighted by atomic mass is 10.1. The van der Waals surface area contributed by atoms with E-state index in [9.17, 15) is 4.39 Å². The fourth-order valence-electron chi connectivity index (χ4n) is 1.34. The molecule has 2 rings (SSSR count). The zero-order chi connectivity index (χ0) is 12.6. The van der Waals surface area contributed by atoms with E-state index >= 15 is 0 Å². The van der Waals surface area contributed by atoms with Crippen LogP contribution in [0.5, 0.6) is 0 Å². The third-order valence-electron chi connectivity index (χ3n) is 2.09. The fraction of sp³-hybridized carbons (Fsp3) is 0. The summed E-state index contributed by atoms with van der Waals surface area (Å²) in [5.74, 6) is -0.410. The highest BCUT2D eigenvalue weighted by atomic mass is 127. The van der Waals surface area contributed by atoms with Crippen molar-refractivity contribution in [1.29, 1.82) is 0 Å². The van der Waals surface area contributed by atoms with Gasteiger partial charge >= 0.3 is 0 Å². The average Bonchev–Trinajstić information content (AvgIpc) is 2.27. The number of benzene rings is 1. The van der Waals surface area contributed by atoms with E-state index in [1.165, 1.54) is 6.07 Å². The van der Waals surface area contributed by atoms with Crippen LogP contribution in [0.1, 0.15) is 0 Å². The van der Waals surface area contributed by atoms with E-state index in [4.69, 9.17) is 34.8 Å². The highest BCUT2D eigenvalue weighted by Gasteiger charge is 2.16. The Balaban J connectivity index is 2.72. The maximum absolute atomic E-state index is 13.0. The van der Waals surface area contributed by atoms with Crippen LogP contribution < -0.4 is 0 Å². The molecule has 1 nitrogen and oxygen atoms in total. The molecule has 0 aliphatic rings. The Labute approximate surface area is 126 Å². The van der Waals surface area contributed by atoms with Crippen LogP contribution in [0, 0.1) is 9.39 Å². The standard InChI is InChI=1S/C11H4Cl3FIN/c12-6-1-2-7(13)10(14)9(6)11-8(16)3-5(15)4-17-11/h1-4H. The topological polar surface area (TPSA) is 12.9 Å². The van der Waals surface area contributed by atoms with Gasteiger partial charge in [-0.25, -0.2) is 4.39 Å². The monoisotopic (exact) mass is 401 g/mol. The van der Waals surface area contributed by atoms with Crippen LogP contribution in [0.3, 0.4) is 0 Å². The number of halogens is 5. The van der Waals surface area contributed by atoms with Crippen molar-refractivity contribution >= 4 is 57.4 Å². The lowest BCUT2D eigenvalue weighted by molar-refractivity contribution is 0.620. The van der Waals surface area contributed by atoms with Crippen molar-refractivity contribution in [2.24, 2.45) is 0 Å². The second-order valence-electron chi connectivity index (χ2n) is 3.20. The van der Waals surface area contributed by atoms with Gasteiger partial charge in [-0.05, 0) is 40.8 Å². The summed E-state index contributed by atoms with van der Waals surface area (Å²) in [6, 6.07) is 4.59. The quantitative estimate of drug-likeness (QED) is 0.456. The molecule has 0 amide bonds. The first kappa shape index (κ1) is 13.3. The first-order valence-corrected chi connectivity index (χ1v) is 6.67. The number of rotatable bonds is 1. The number of pyridine rings is 1. The minimum Gasteiger partial charge on any atom is -0.252 e. The summed E-state index contributed by atoms with van der Waals surface area (Å²) in [5.41, 5.74) is 1.04. The molecule has 0 spiro atoms. The molecule has 2 aromatic rings. The SMILES string of the molecule is Fc1cnc(-c2c(Cl)ccc(Cl)c2Cl)c(I)c1.